The monoisotopic (exact) mass is 247 g/mol. The van der Waals surface area contributed by atoms with E-state index in [0.29, 0.717) is 6.04 Å². The van der Waals surface area contributed by atoms with Crippen LogP contribution in [0.25, 0.3) is 0 Å². The van der Waals surface area contributed by atoms with Crippen LogP contribution in [-0.2, 0) is 17.8 Å². The van der Waals surface area contributed by atoms with Gasteiger partial charge in [0.15, 0.2) is 0 Å². The van der Waals surface area contributed by atoms with E-state index >= 15 is 0 Å². The predicted molar refractivity (Wildman–Crippen MR) is 71.5 cm³/mol. The molecule has 0 bridgehead atoms. The average Bonchev–Trinajstić information content (AvgIpc) is 2.78. The van der Waals surface area contributed by atoms with Crippen molar-refractivity contribution >= 4 is 5.97 Å². The van der Waals surface area contributed by atoms with E-state index < -0.39 is 5.97 Å². The lowest BCUT2D eigenvalue weighted by Crippen LogP contribution is -2.28. The summed E-state index contributed by atoms with van der Waals surface area (Å²) in [5.74, 6) is -0.754. The molecular weight excluding hydrogens is 226 g/mol. The van der Waals surface area contributed by atoms with Crippen molar-refractivity contribution in [2.24, 2.45) is 0 Å². The van der Waals surface area contributed by atoms with Crippen LogP contribution in [0, 0.1) is 0 Å². The predicted octanol–water partition coefficient (Wildman–Crippen LogP) is 2.69. The number of likely N-dealkylation sites (tertiary alicyclic amines) is 1. The Labute approximate surface area is 108 Å². The Bertz CT molecular complexity index is 417. The number of carboxylic acid groups (broad SMARTS) is 1. The van der Waals surface area contributed by atoms with E-state index in [9.17, 15) is 4.79 Å². The first-order valence-electron chi connectivity index (χ1n) is 6.73. The zero-order valence-electron chi connectivity index (χ0n) is 10.9. The molecule has 98 valence electrons. The molecule has 1 aliphatic heterocycles. The minimum absolute atomic E-state index is 0.126. The second-order valence-corrected chi connectivity index (χ2v) is 5.01. The third-order valence-electron chi connectivity index (χ3n) is 3.80. The number of rotatable bonds is 5. The fourth-order valence-electron chi connectivity index (χ4n) is 2.83. The number of carboxylic acids is 1. The highest BCUT2D eigenvalue weighted by Crippen LogP contribution is 2.23. The third kappa shape index (κ3) is 3.10. The molecule has 0 radical (unpaired) electrons. The van der Waals surface area contributed by atoms with E-state index in [-0.39, 0.29) is 6.42 Å². The molecule has 18 heavy (non-hydrogen) atoms. The number of hydrogen-bond donors (Lipinski definition) is 1. The van der Waals surface area contributed by atoms with Crippen molar-refractivity contribution in [3.05, 3.63) is 35.4 Å². The van der Waals surface area contributed by atoms with Crippen LogP contribution in [0.5, 0.6) is 0 Å². The minimum Gasteiger partial charge on any atom is -0.481 e. The van der Waals surface area contributed by atoms with Gasteiger partial charge in [-0.05, 0) is 36.9 Å². The van der Waals surface area contributed by atoms with E-state index in [0.717, 1.165) is 18.7 Å². The van der Waals surface area contributed by atoms with Crippen LogP contribution < -0.4 is 0 Å². The van der Waals surface area contributed by atoms with E-state index in [1.54, 1.807) is 0 Å². The maximum Gasteiger partial charge on any atom is 0.307 e. The Balaban J connectivity index is 2.10. The highest BCUT2D eigenvalue weighted by molar-refractivity contribution is 5.70. The Hall–Kier alpha value is -1.35. The lowest BCUT2D eigenvalue weighted by molar-refractivity contribution is -0.136. The summed E-state index contributed by atoms with van der Waals surface area (Å²) >= 11 is 0. The quantitative estimate of drug-likeness (QED) is 0.869. The van der Waals surface area contributed by atoms with Crippen molar-refractivity contribution in [2.45, 2.75) is 45.2 Å². The highest BCUT2D eigenvalue weighted by atomic mass is 16.4. The molecule has 3 heteroatoms. The van der Waals surface area contributed by atoms with Gasteiger partial charge in [-0.25, -0.2) is 0 Å². The third-order valence-corrected chi connectivity index (χ3v) is 3.80. The maximum absolute atomic E-state index is 10.9. The van der Waals surface area contributed by atoms with Crippen molar-refractivity contribution in [3.8, 4) is 0 Å². The lowest BCUT2D eigenvalue weighted by Gasteiger charge is -2.24. The molecule has 1 unspecified atom stereocenters. The summed E-state index contributed by atoms with van der Waals surface area (Å²) in [5, 5.41) is 8.94. The van der Waals surface area contributed by atoms with Crippen LogP contribution >= 0.6 is 0 Å². The molecule has 1 heterocycles. The molecule has 1 aliphatic rings. The van der Waals surface area contributed by atoms with Crippen molar-refractivity contribution in [3.63, 3.8) is 0 Å². The molecule has 1 aromatic carbocycles. The summed E-state index contributed by atoms with van der Waals surface area (Å²) in [5.41, 5.74) is 2.12. The van der Waals surface area contributed by atoms with Crippen LogP contribution in [0.1, 0.15) is 37.3 Å². The zero-order valence-corrected chi connectivity index (χ0v) is 10.9. The van der Waals surface area contributed by atoms with E-state index in [1.807, 2.05) is 18.2 Å². The van der Waals surface area contributed by atoms with Gasteiger partial charge < -0.3 is 5.11 Å². The molecule has 3 nitrogen and oxygen atoms in total. The normalized spacial score (nSPS) is 20.2. The molecule has 0 aromatic heterocycles. The van der Waals surface area contributed by atoms with Crippen LogP contribution in [0.3, 0.4) is 0 Å². The van der Waals surface area contributed by atoms with Crippen LogP contribution in [0.2, 0.25) is 0 Å². The fourth-order valence-corrected chi connectivity index (χ4v) is 2.83. The molecule has 2 rings (SSSR count). The highest BCUT2D eigenvalue weighted by Gasteiger charge is 2.23. The first-order chi connectivity index (χ1) is 8.70. The zero-order chi connectivity index (χ0) is 13.0. The summed E-state index contributed by atoms with van der Waals surface area (Å²) < 4.78 is 0. The molecule has 0 aliphatic carbocycles. The first kappa shape index (κ1) is 13.1. The van der Waals surface area contributed by atoms with Gasteiger partial charge in [-0.15, -0.1) is 0 Å². The topological polar surface area (TPSA) is 40.5 Å². The molecule has 1 aromatic rings. The van der Waals surface area contributed by atoms with Gasteiger partial charge in [0.25, 0.3) is 0 Å². The van der Waals surface area contributed by atoms with Gasteiger partial charge in [0.1, 0.15) is 0 Å². The Kier molecular flexibility index (Phi) is 4.37. The summed E-state index contributed by atoms with van der Waals surface area (Å²) in [7, 11) is 0. The second kappa shape index (κ2) is 6.01. The SMILES string of the molecule is CCC1CCCN1Cc1ccccc1CC(=O)O. The molecule has 0 saturated carbocycles. The van der Waals surface area contributed by atoms with Gasteiger partial charge in [-0.1, -0.05) is 31.2 Å². The lowest BCUT2D eigenvalue weighted by atomic mass is 10.0. The van der Waals surface area contributed by atoms with Crippen LogP contribution in [-0.4, -0.2) is 28.6 Å². The summed E-state index contributed by atoms with van der Waals surface area (Å²) in [6, 6.07) is 8.58. The largest absolute Gasteiger partial charge is 0.481 e. The summed E-state index contributed by atoms with van der Waals surface area (Å²) in [6.45, 7) is 4.26. The number of hydrogen-bond acceptors (Lipinski definition) is 2. The Morgan fingerprint density at radius 1 is 1.39 bits per heavy atom. The maximum atomic E-state index is 10.9. The Morgan fingerprint density at radius 2 is 2.11 bits per heavy atom. The van der Waals surface area contributed by atoms with Crippen molar-refractivity contribution in [2.75, 3.05) is 6.54 Å². The fraction of sp³-hybridized carbons (Fsp3) is 0.533. The van der Waals surface area contributed by atoms with Crippen molar-refractivity contribution < 1.29 is 9.90 Å². The van der Waals surface area contributed by atoms with Gasteiger partial charge in [0.05, 0.1) is 6.42 Å². The number of aliphatic carboxylic acids is 1. The van der Waals surface area contributed by atoms with Gasteiger partial charge in [-0.3, -0.25) is 9.69 Å². The van der Waals surface area contributed by atoms with E-state index in [4.69, 9.17) is 5.11 Å². The van der Waals surface area contributed by atoms with E-state index in [1.165, 1.54) is 24.8 Å². The van der Waals surface area contributed by atoms with Gasteiger partial charge in [0.2, 0.25) is 0 Å². The standard InChI is InChI=1S/C15H21NO2/c1-2-14-8-5-9-16(14)11-13-7-4-3-6-12(13)10-15(17)18/h3-4,6-7,14H,2,5,8-11H2,1H3,(H,17,18). The Morgan fingerprint density at radius 3 is 2.78 bits per heavy atom. The molecule has 1 N–H and O–H groups in total. The summed E-state index contributed by atoms with van der Waals surface area (Å²) in [4.78, 5) is 13.4. The smallest absolute Gasteiger partial charge is 0.307 e. The van der Waals surface area contributed by atoms with Gasteiger partial charge >= 0.3 is 5.97 Å². The van der Waals surface area contributed by atoms with Gasteiger partial charge in [-0.2, -0.15) is 0 Å². The molecule has 1 fully saturated rings. The van der Waals surface area contributed by atoms with Gasteiger partial charge in [0, 0.05) is 12.6 Å². The molecule has 0 spiro atoms. The van der Waals surface area contributed by atoms with E-state index in [2.05, 4.69) is 17.9 Å². The summed E-state index contributed by atoms with van der Waals surface area (Å²) in [6.07, 6.45) is 3.85. The minimum atomic E-state index is -0.754. The molecule has 1 saturated heterocycles. The second-order valence-electron chi connectivity index (χ2n) is 5.01. The van der Waals surface area contributed by atoms with Crippen molar-refractivity contribution in [1.29, 1.82) is 0 Å². The van der Waals surface area contributed by atoms with Crippen molar-refractivity contribution in [1.82, 2.24) is 4.90 Å². The molecule has 0 amide bonds. The molecule has 1 atom stereocenters. The number of carbonyl (C=O) groups is 1. The van der Waals surface area contributed by atoms with Crippen LogP contribution in [0.4, 0.5) is 0 Å². The van der Waals surface area contributed by atoms with Crippen LogP contribution in [0.15, 0.2) is 24.3 Å². The molecular formula is C15H21NO2. The number of nitrogens with zero attached hydrogens (tertiary/aromatic N) is 1. The number of benzene rings is 1. The first-order valence-corrected chi connectivity index (χ1v) is 6.73. The average molecular weight is 247 g/mol.